The Kier molecular flexibility index (Phi) is 4.72. The topological polar surface area (TPSA) is 54.3 Å². The first-order valence-electron chi connectivity index (χ1n) is 10.1. The van der Waals surface area contributed by atoms with Crippen molar-refractivity contribution in [1.82, 2.24) is 24.6 Å². The molecule has 7 heteroatoms. The maximum absolute atomic E-state index is 12.8. The third kappa shape index (κ3) is 3.38. The molecule has 0 N–H and O–H groups in total. The van der Waals surface area contributed by atoms with E-state index < -0.39 is 0 Å². The highest BCUT2D eigenvalue weighted by atomic mass is 32.1. The molecule has 1 aromatic carbocycles. The predicted molar refractivity (Wildman–Crippen MR) is 114 cm³/mol. The fourth-order valence-corrected chi connectivity index (χ4v) is 5.49. The molecule has 2 aliphatic rings. The average molecular weight is 408 g/mol. The van der Waals surface area contributed by atoms with Crippen molar-refractivity contribution in [2.45, 2.75) is 31.3 Å². The van der Waals surface area contributed by atoms with E-state index in [0.717, 1.165) is 61.1 Å². The van der Waals surface area contributed by atoms with Gasteiger partial charge in [0.15, 0.2) is 5.82 Å². The van der Waals surface area contributed by atoms with Crippen molar-refractivity contribution in [1.29, 1.82) is 0 Å². The number of likely N-dealkylation sites (tertiary alicyclic amines) is 1. The van der Waals surface area contributed by atoms with Gasteiger partial charge in [0.1, 0.15) is 5.82 Å². The van der Waals surface area contributed by atoms with Crippen molar-refractivity contribution in [3.8, 4) is 10.7 Å². The number of piperidine rings is 1. The van der Waals surface area contributed by atoms with Crippen LogP contribution < -0.4 is 0 Å². The summed E-state index contributed by atoms with van der Waals surface area (Å²) in [6.45, 7) is 3.34. The Morgan fingerprint density at radius 1 is 1.10 bits per heavy atom. The van der Waals surface area contributed by atoms with E-state index in [1.165, 1.54) is 0 Å². The highest BCUT2D eigenvalue weighted by Gasteiger charge is 2.44. The predicted octanol–water partition coefficient (Wildman–Crippen LogP) is 3.01. The van der Waals surface area contributed by atoms with Crippen molar-refractivity contribution >= 4 is 17.2 Å². The third-order valence-corrected chi connectivity index (χ3v) is 7.03. The van der Waals surface area contributed by atoms with Gasteiger partial charge in [0, 0.05) is 19.6 Å². The van der Waals surface area contributed by atoms with Crippen LogP contribution in [0, 0.1) is 0 Å². The molecular formula is C22H25N5OS. The first-order valence-corrected chi connectivity index (χ1v) is 11.0. The van der Waals surface area contributed by atoms with Crippen molar-refractivity contribution in [3.63, 3.8) is 0 Å². The van der Waals surface area contributed by atoms with Crippen LogP contribution in [0.1, 0.15) is 24.2 Å². The SMILES string of the molecule is CN1Cc2nnc(-c3cccs3)n2C2(CCN(C(=O)Cc3ccccc3)CC2)C1. The summed E-state index contributed by atoms with van der Waals surface area (Å²) in [5.41, 5.74) is 1.03. The van der Waals surface area contributed by atoms with Gasteiger partial charge < -0.3 is 9.47 Å². The molecule has 0 atom stereocenters. The molecule has 1 spiro atoms. The van der Waals surface area contributed by atoms with Gasteiger partial charge in [-0.1, -0.05) is 36.4 Å². The van der Waals surface area contributed by atoms with Gasteiger partial charge in [-0.3, -0.25) is 9.69 Å². The van der Waals surface area contributed by atoms with Crippen LogP contribution in [-0.4, -0.2) is 57.2 Å². The van der Waals surface area contributed by atoms with Gasteiger partial charge in [0.05, 0.1) is 23.4 Å². The summed E-state index contributed by atoms with van der Waals surface area (Å²) in [7, 11) is 2.15. The summed E-state index contributed by atoms with van der Waals surface area (Å²) < 4.78 is 2.39. The highest BCUT2D eigenvalue weighted by molar-refractivity contribution is 7.13. The molecule has 6 nitrogen and oxygen atoms in total. The minimum atomic E-state index is -0.0469. The third-order valence-electron chi connectivity index (χ3n) is 6.17. The molecule has 2 aliphatic heterocycles. The molecule has 5 rings (SSSR count). The molecule has 1 amide bonds. The van der Waals surface area contributed by atoms with Crippen LogP contribution in [0.3, 0.4) is 0 Å². The minimum absolute atomic E-state index is 0.0469. The molecule has 2 aromatic heterocycles. The molecule has 150 valence electrons. The first kappa shape index (κ1) is 18.5. The molecule has 0 saturated carbocycles. The quantitative estimate of drug-likeness (QED) is 0.670. The zero-order valence-electron chi connectivity index (χ0n) is 16.6. The summed E-state index contributed by atoms with van der Waals surface area (Å²) in [5, 5.41) is 11.2. The maximum atomic E-state index is 12.8. The molecule has 1 saturated heterocycles. The molecule has 29 heavy (non-hydrogen) atoms. The number of hydrogen-bond donors (Lipinski definition) is 0. The van der Waals surface area contributed by atoms with Crippen molar-refractivity contribution < 1.29 is 4.79 Å². The highest BCUT2D eigenvalue weighted by Crippen LogP contribution is 2.39. The summed E-state index contributed by atoms with van der Waals surface area (Å²) in [6.07, 6.45) is 2.34. The number of carbonyl (C=O) groups excluding carboxylic acids is 1. The first-order chi connectivity index (χ1) is 14.1. The fourth-order valence-electron chi connectivity index (χ4n) is 4.79. The number of hydrogen-bond acceptors (Lipinski definition) is 5. The number of nitrogens with zero attached hydrogens (tertiary/aromatic N) is 5. The Bertz CT molecular complexity index is 990. The van der Waals surface area contributed by atoms with Crippen LogP contribution in [0.4, 0.5) is 0 Å². The number of amides is 1. The second-order valence-electron chi connectivity index (χ2n) is 8.19. The van der Waals surface area contributed by atoms with Gasteiger partial charge in [0.25, 0.3) is 0 Å². The summed E-state index contributed by atoms with van der Waals surface area (Å²) in [5.74, 6) is 2.23. The van der Waals surface area contributed by atoms with Gasteiger partial charge >= 0.3 is 0 Å². The van der Waals surface area contributed by atoms with Gasteiger partial charge in [-0.2, -0.15) is 0 Å². The van der Waals surface area contributed by atoms with E-state index in [0.29, 0.717) is 6.42 Å². The van der Waals surface area contributed by atoms with Crippen LogP contribution >= 0.6 is 11.3 Å². The molecule has 0 unspecified atom stereocenters. The Morgan fingerprint density at radius 3 is 2.62 bits per heavy atom. The van der Waals surface area contributed by atoms with Gasteiger partial charge in [-0.25, -0.2) is 0 Å². The van der Waals surface area contributed by atoms with Crippen LogP contribution in [0.25, 0.3) is 10.7 Å². The van der Waals surface area contributed by atoms with Crippen molar-refractivity contribution in [3.05, 3.63) is 59.2 Å². The smallest absolute Gasteiger partial charge is 0.226 e. The van der Waals surface area contributed by atoms with E-state index in [-0.39, 0.29) is 11.4 Å². The molecular weight excluding hydrogens is 382 g/mol. The Balaban J connectivity index is 1.38. The van der Waals surface area contributed by atoms with E-state index in [4.69, 9.17) is 0 Å². The number of benzene rings is 1. The molecule has 4 heterocycles. The van der Waals surface area contributed by atoms with Crippen molar-refractivity contribution in [2.24, 2.45) is 0 Å². The molecule has 0 aliphatic carbocycles. The van der Waals surface area contributed by atoms with E-state index in [1.807, 2.05) is 35.2 Å². The van der Waals surface area contributed by atoms with E-state index in [9.17, 15) is 4.79 Å². The molecule has 1 fully saturated rings. The van der Waals surface area contributed by atoms with Crippen molar-refractivity contribution in [2.75, 3.05) is 26.7 Å². The zero-order chi connectivity index (χ0) is 19.8. The number of rotatable bonds is 3. The Labute approximate surface area is 174 Å². The average Bonchev–Trinajstić information content (AvgIpc) is 3.39. The lowest BCUT2D eigenvalue weighted by molar-refractivity contribution is -0.133. The number of likely N-dealkylation sites (N-methyl/N-ethyl adjacent to an activating group) is 1. The zero-order valence-corrected chi connectivity index (χ0v) is 17.4. The van der Waals surface area contributed by atoms with E-state index in [2.05, 4.69) is 44.2 Å². The van der Waals surface area contributed by atoms with Crippen LogP contribution in [0.15, 0.2) is 47.8 Å². The Morgan fingerprint density at radius 2 is 1.90 bits per heavy atom. The lowest BCUT2D eigenvalue weighted by Crippen LogP contribution is -2.56. The molecule has 3 aromatic rings. The number of carbonyl (C=O) groups is 1. The minimum Gasteiger partial charge on any atom is -0.342 e. The monoisotopic (exact) mass is 407 g/mol. The van der Waals surface area contributed by atoms with E-state index in [1.54, 1.807) is 11.3 Å². The largest absolute Gasteiger partial charge is 0.342 e. The summed E-state index contributed by atoms with van der Waals surface area (Å²) >= 11 is 1.71. The number of thiophene rings is 1. The maximum Gasteiger partial charge on any atom is 0.226 e. The van der Waals surface area contributed by atoms with Crippen LogP contribution in [0.2, 0.25) is 0 Å². The number of aromatic nitrogens is 3. The Hall–Kier alpha value is -2.51. The van der Waals surface area contributed by atoms with Crippen LogP contribution in [0.5, 0.6) is 0 Å². The van der Waals surface area contributed by atoms with E-state index >= 15 is 0 Å². The second kappa shape index (κ2) is 7.39. The molecule has 0 radical (unpaired) electrons. The summed E-state index contributed by atoms with van der Waals surface area (Å²) in [6, 6.07) is 14.2. The fraction of sp³-hybridized carbons (Fsp3) is 0.409. The van der Waals surface area contributed by atoms with Gasteiger partial charge in [0.2, 0.25) is 5.91 Å². The van der Waals surface area contributed by atoms with Gasteiger partial charge in [-0.15, -0.1) is 21.5 Å². The normalized spacial score (nSPS) is 18.7. The van der Waals surface area contributed by atoms with Gasteiger partial charge in [-0.05, 0) is 36.9 Å². The molecule has 0 bridgehead atoms. The second-order valence-corrected chi connectivity index (χ2v) is 9.14. The van der Waals surface area contributed by atoms with Crippen LogP contribution in [-0.2, 0) is 23.3 Å². The lowest BCUT2D eigenvalue weighted by atomic mass is 9.84. The lowest BCUT2D eigenvalue weighted by Gasteiger charge is -2.48. The standard InChI is InChI=1S/C22H25N5OS/c1-25-15-19-23-24-21(18-8-5-13-29-18)27(19)22(16-25)9-11-26(12-10-22)20(28)14-17-6-3-2-4-7-17/h2-8,13H,9-12,14-16H2,1H3. The summed E-state index contributed by atoms with van der Waals surface area (Å²) in [4.78, 5) is 18.4. The number of fused-ring (bicyclic) bond motifs is 2.